The van der Waals surface area contributed by atoms with Gasteiger partial charge in [-0.1, -0.05) is 5.16 Å². The summed E-state index contributed by atoms with van der Waals surface area (Å²) in [5.41, 5.74) is 5.62. The van der Waals surface area contributed by atoms with E-state index in [9.17, 15) is 8.42 Å². The fourth-order valence-electron chi connectivity index (χ4n) is 3.06. The molecular weight excluding hydrogens is 408 g/mol. The summed E-state index contributed by atoms with van der Waals surface area (Å²) >= 11 is 0. The minimum atomic E-state index is -3.82. The van der Waals surface area contributed by atoms with Crippen molar-refractivity contribution < 1.29 is 22.4 Å². The van der Waals surface area contributed by atoms with Gasteiger partial charge < -0.3 is 19.7 Å². The van der Waals surface area contributed by atoms with E-state index >= 15 is 0 Å². The van der Waals surface area contributed by atoms with Gasteiger partial charge in [0, 0.05) is 12.5 Å². The average Bonchev–Trinajstić information content (AvgIpc) is 2.99. The first-order valence-electron chi connectivity index (χ1n) is 8.92. The molecule has 1 atom stereocenters. The topological polar surface area (TPSA) is 130 Å². The Kier molecular flexibility index (Phi) is 5.85. The molecule has 154 valence electrons. The van der Waals surface area contributed by atoms with Crippen LogP contribution in [0, 0.1) is 0 Å². The number of aromatic nitrogens is 2. The van der Waals surface area contributed by atoms with Crippen molar-refractivity contribution in [1.29, 1.82) is 0 Å². The van der Waals surface area contributed by atoms with E-state index < -0.39 is 21.6 Å². The lowest BCUT2D eigenvalue weighted by Crippen LogP contribution is -2.44. The van der Waals surface area contributed by atoms with Crippen molar-refractivity contribution in [1.82, 2.24) is 14.9 Å². The molecule has 11 heteroatoms. The second-order valence-electron chi connectivity index (χ2n) is 6.97. The number of sulfonamides is 1. The summed E-state index contributed by atoms with van der Waals surface area (Å²) in [4.78, 5) is 4.37. The van der Waals surface area contributed by atoms with Crippen LogP contribution in [0.1, 0.15) is 50.4 Å². The minimum absolute atomic E-state index is 0. The number of nitrogens with one attached hydrogen (secondary N) is 1. The molecule has 1 aromatic heterocycles. The molecule has 1 saturated carbocycles. The molecule has 0 amide bonds. The number of hydrogen-bond donors (Lipinski definition) is 2. The van der Waals surface area contributed by atoms with Crippen molar-refractivity contribution in [3.63, 3.8) is 0 Å². The Bertz CT molecular complexity index is 945. The lowest BCUT2D eigenvalue weighted by molar-refractivity contribution is 0.228. The number of nitrogens with two attached hydrogens (primary N) is 1. The number of halogens is 1. The minimum Gasteiger partial charge on any atom is -0.490 e. The van der Waals surface area contributed by atoms with Crippen molar-refractivity contribution in [2.45, 2.75) is 49.1 Å². The molecule has 0 spiro atoms. The molecular formula is C17H23ClN4O5S. The number of ether oxygens (including phenoxy) is 2. The molecule has 3 N–H and O–H groups in total. The zero-order valence-electron chi connectivity index (χ0n) is 15.4. The van der Waals surface area contributed by atoms with Crippen LogP contribution >= 0.6 is 12.4 Å². The van der Waals surface area contributed by atoms with Crippen LogP contribution in [0.4, 0.5) is 0 Å². The zero-order valence-corrected chi connectivity index (χ0v) is 17.0. The first-order valence-corrected chi connectivity index (χ1v) is 10.4. The lowest BCUT2D eigenvalue weighted by atomic mass is 9.77. The lowest BCUT2D eigenvalue weighted by Gasteiger charge is -2.34. The summed E-state index contributed by atoms with van der Waals surface area (Å²) in [6.07, 6.45) is 3.35. The predicted molar refractivity (Wildman–Crippen MR) is 102 cm³/mol. The van der Waals surface area contributed by atoms with E-state index in [1.165, 1.54) is 12.1 Å². The van der Waals surface area contributed by atoms with Gasteiger partial charge in [-0.3, -0.25) is 0 Å². The van der Waals surface area contributed by atoms with Gasteiger partial charge in [0.1, 0.15) is 0 Å². The van der Waals surface area contributed by atoms with Gasteiger partial charge in [0.15, 0.2) is 17.3 Å². The molecule has 1 aliphatic heterocycles. The number of hydrogen-bond acceptors (Lipinski definition) is 8. The van der Waals surface area contributed by atoms with Crippen molar-refractivity contribution in [2.75, 3.05) is 13.2 Å². The number of nitrogens with zero attached hydrogens (tertiary/aromatic N) is 2. The Hall–Kier alpha value is -1.88. The summed E-state index contributed by atoms with van der Waals surface area (Å²) in [5.74, 6) is 1.55. The molecule has 1 fully saturated rings. The number of fused-ring (bicyclic) bond motifs is 1. The van der Waals surface area contributed by atoms with Crippen LogP contribution in [0.3, 0.4) is 0 Å². The van der Waals surface area contributed by atoms with Crippen LogP contribution in [0.15, 0.2) is 27.6 Å². The summed E-state index contributed by atoms with van der Waals surface area (Å²) < 4.78 is 44.3. The van der Waals surface area contributed by atoms with Gasteiger partial charge in [0.25, 0.3) is 0 Å². The third kappa shape index (κ3) is 3.95. The first-order chi connectivity index (χ1) is 12.9. The highest BCUT2D eigenvalue weighted by Gasteiger charge is 2.39. The van der Waals surface area contributed by atoms with Gasteiger partial charge in [-0.15, -0.1) is 12.4 Å². The molecule has 1 unspecified atom stereocenters. The van der Waals surface area contributed by atoms with Crippen LogP contribution in [0.5, 0.6) is 11.5 Å². The average molecular weight is 431 g/mol. The van der Waals surface area contributed by atoms with Crippen LogP contribution < -0.4 is 19.9 Å². The molecule has 28 heavy (non-hydrogen) atoms. The monoisotopic (exact) mass is 430 g/mol. The highest BCUT2D eigenvalue weighted by Crippen LogP contribution is 2.37. The maximum atomic E-state index is 12.7. The smallest absolute Gasteiger partial charge is 0.244 e. The molecule has 2 aliphatic rings. The quantitative estimate of drug-likeness (QED) is 0.736. The van der Waals surface area contributed by atoms with E-state index in [4.69, 9.17) is 19.7 Å². The Balaban J connectivity index is 0.00000225. The van der Waals surface area contributed by atoms with Gasteiger partial charge >= 0.3 is 0 Å². The van der Waals surface area contributed by atoms with Gasteiger partial charge in [-0.05, 0) is 38.3 Å². The molecule has 1 aromatic carbocycles. The van der Waals surface area contributed by atoms with Crippen molar-refractivity contribution in [2.24, 2.45) is 5.73 Å². The van der Waals surface area contributed by atoms with Crippen molar-refractivity contribution in [3.05, 3.63) is 29.9 Å². The summed E-state index contributed by atoms with van der Waals surface area (Å²) in [6, 6.07) is 3.83. The van der Waals surface area contributed by atoms with E-state index in [1.807, 2.05) is 0 Å². The molecule has 9 nitrogen and oxygen atoms in total. The normalized spacial score (nSPS) is 19.1. The molecule has 2 aromatic rings. The van der Waals surface area contributed by atoms with Crippen molar-refractivity contribution in [3.8, 4) is 11.5 Å². The van der Waals surface area contributed by atoms with E-state index in [0.29, 0.717) is 30.5 Å². The van der Waals surface area contributed by atoms with Gasteiger partial charge in [0.2, 0.25) is 15.9 Å². The summed E-state index contributed by atoms with van der Waals surface area (Å²) in [7, 11) is -3.82. The highest BCUT2D eigenvalue weighted by molar-refractivity contribution is 7.89. The van der Waals surface area contributed by atoms with Crippen LogP contribution in [-0.4, -0.2) is 31.8 Å². The first kappa shape index (κ1) is 20.8. The number of rotatable bonds is 5. The molecule has 0 bridgehead atoms. The van der Waals surface area contributed by atoms with E-state index in [-0.39, 0.29) is 23.2 Å². The number of benzene rings is 1. The second kappa shape index (κ2) is 7.86. The highest BCUT2D eigenvalue weighted by atomic mass is 35.5. The summed E-state index contributed by atoms with van der Waals surface area (Å²) in [5, 5.41) is 3.92. The maximum absolute atomic E-state index is 12.7. The van der Waals surface area contributed by atoms with E-state index in [1.54, 1.807) is 13.0 Å². The maximum Gasteiger partial charge on any atom is 0.244 e. The molecule has 0 saturated heterocycles. The third-order valence-electron chi connectivity index (χ3n) is 4.86. The Labute approximate surface area is 169 Å². The third-order valence-corrected chi connectivity index (χ3v) is 6.40. The zero-order chi connectivity index (χ0) is 19.1. The Morgan fingerprint density at radius 1 is 1.18 bits per heavy atom. The fourth-order valence-corrected chi connectivity index (χ4v) is 4.27. The van der Waals surface area contributed by atoms with Crippen molar-refractivity contribution >= 4 is 22.4 Å². The van der Waals surface area contributed by atoms with E-state index in [2.05, 4.69) is 14.9 Å². The fraction of sp³-hybridized carbons (Fsp3) is 0.529. The SMILES string of the molecule is CC(NS(=O)(=O)c1ccc2c(c1)OCCCO2)c1nc(C2(N)CCC2)no1.Cl. The van der Waals surface area contributed by atoms with Gasteiger partial charge in [-0.25, -0.2) is 8.42 Å². The Morgan fingerprint density at radius 2 is 1.89 bits per heavy atom. The molecule has 1 aliphatic carbocycles. The van der Waals surface area contributed by atoms with Crippen LogP contribution in [0.25, 0.3) is 0 Å². The standard InChI is InChI=1S/C17H22N4O5S.ClH/c1-11(15-19-16(20-26-15)17(18)6-2-7-17)21-27(22,23)12-4-5-13-14(10-12)25-9-3-8-24-13;/h4-5,10-11,21H,2-3,6-9,18H2,1H3;1H. The van der Waals surface area contributed by atoms with Crippen LogP contribution in [-0.2, 0) is 15.6 Å². The largest absolute Gasteiger partial charge is 0.490 e. The Morgan fingerprint density at radius 3 is 2.57 bits per heavy atom. The van der Waals surface area contributed by atoms with Gasteiger partial charge in [0.05, 0.1) is 29.7 Å². The molecule has 2 heterocycles. The molecule has 4 rings (SSSR count). The second-order valence-corrected chi connectivity index (χ2v) is 8.68. The van der Waals surface area contributed by atoms with E-state index in [0.717, 1.165) is 25.7 Å². The molecule has 0 radical (unpaired) electrons. The predicted octanol–water partition coefficient (Wildman–Crippen LogP) is 2.03. The van der Waals surface area contributed by atoms with Crippen LogP contribution in [0.2, 0.25) is 0 Å². The summed E-state index contributed by atoms with van der Waals surface area (Å²) in [6.45, 7) is 2.66. The van der Waals surface area contributed by atoms with Gasteiger partial charge in [-0.2, -0.15) is 9.71 Å².